The van der Waals surface area contributed by atoms with E-state index < -0.39 is 49.9 Å². The van der Waals surface area contributed by atoms with Crippen molar-refractivity contribution in [2.24, 2.45) is 0 Å². The number of para-hydroxylation sites is 1. The van der Waals surface area contributed by atoms with E-state index in [1.54, 1.807) is 11.8 Å². The number of hydrogen-bond acceptors (Lipinski definition) is 8. The summed E-state index contributed by atoms with van der Waals surface area (Å²) < 4.78 is 66.2. The van der Waals surface area contributed by atoms with Gasteiger partial charge in [0.25, 0.3) is 0 Å². The molecule has 0 amide bonds. The minimum absolute atomic E-state index is 0.186. The number of halogens is 1. The summed E-state index contributed by atoms with van der Waals surface area (Å²) in [6.45, 7) is -10.8. The van der Waals surface area contributed by atoms with E-state index in [2.05, 4.69) is 0 Å². The second-order valence-corrected chi connectivity index (χ2v) is 9.38. The molecule has 220 valence electrons. The molecule has 0 bridgehead atoms. The molecule has 0 atom stereocenters. The molecule has 1 fully saturated rings. The topological polar surface area (TPSA) is 159 Å². The van der Waals surface area contributed by atoms with Crippen molar-refractivity contribution in [1.29, 1.82) is 0 Å². The number of carbonyl (C=O) groups is 4. The van der Waals surface area contributed by atoms with Crippen molar-refractivity contribution in [3.63, 3.8) is 0 Å². The normalized spacial score (nSPS) is 22.5. The van der Waals surface area contributed by atoms with Crippen LogP contribution in [0.1, 0.15) is 17.4 Å². The Labute approximate surface area is 258 Å². The first-order chi connectivity index (χ1) is 22.5. The van der Waals surface area contributed by atoms with E-state index in [-0.39, 0.29) is 13.0 Å². The lowest BCUT2D eigenvalue weighted by Crippen LogP contribution is -2.45. The molecular formula is C28H32ClN3O8S. The van der Waals surface area contributed by atoms with Gasteiger partial charge in [-0.1, -0.05) is 35.5 Å². The summed E-state index contributed by atoms with van der Waals surface area (Å²) >= 11 is 7.87. The molecule has 2 aromatic carbocycles. The molecule has 2 aromatic rings. The minimum Gasteiger partial charge on any atom is -0.478 e. The van der Waals surface area contributed by atoms with Crippen LogP contribution in [0.25, 0.3) is 0 Å². The summed E-state index contributed by atoms with van der Waals surface area (Å²) in [5.74, 6) is -5.03. The second kappa shape index (κ2) is 17.1. The number of fused-ring (bicyclic) bond motifs is 2. The molecule has 0 aromatic heterocycles. The molecular weight excluding hydrogens is 574 g/mol. The van der Waals surface area contributed by atoms with Crippen molar-refractivity contribution in [3.05, 3.63) is 71.8 Å². The first-order valence-electron chi connectivity index (χ1n) is 15.6. The van der Waals surface area contributed by atoms with Gasteiger partial charge in [-0.05, 0) is 50.3 Å². The van der Waals surface area contributed by atoms with Crippen LogP contribution in [0.5, 0.6) is 0 Å². The lowest BCUT2D eigenvalue weighted by atomic mass is 10.2. The number of hydrogen-bond donors (Lipinski definition) is 4. The lowest BCUT2D eigenvalue weighted by molar-refractivity contribution is -0.134. The van der Waals surface area contributed by atoms with Gasteiger partial charge in [-0.15, -0.1) is 0 Å². The number of carboxylic acid groups (broad SMARTS) is 4. The Kier molecular flexibility index (Phi) is 9.50. The summed E-state index contributed by atoms with van der Waals surface area (Å²) in [5, 5.41) is 31.8. The zero-order valence-corrected chi connectivity index (χ0v) is 23.1. The number of aliphatic carboxylic acids is 4. The van der Waals surface area contributed by atoms with E-state index in [9.17, 15) is 19.2 Å². The van der Waals surface area contributed by atoms with Gasteiger partial charge in [0.15, 0.2) is 0 Å². The van der Waals surface area contributed by atoms with Gasteiger partial charge in [-0.3, -0.25) is 0 Å². The smallest absolute Gasteiger partial charge is 0.328 e. The fourth-order valence-electron chi connectivity index (χ4n) is 3.15. The van der Waals surface area contributed by atoms with Crippen LogP contribution in [0.4, 0.5) is 11.4 Å². The van der Waals surface area contributed by atoms with Crippen molar-refractivity contribution in [2.75, 3.05) is 51.0 Å². The van der Waals surface area contributed by atoms with Crippen molar-refractivity contribution in [1.82, 2.24) is 9.80 Å². The van der Waals surface area contributed by atoms with Crippen LogP contribution in [0, 0.1) is 0 Å². The molecule has 4 rings (SSSR count). The molecule has 0 radical (unpaired) electrons. The van der Waals surface area contributed by atoms with Crippen LogP contribution in [0.2, 0.25) is 5.02 Å². The predicted molar refractivity (Wildman–Crippen MR) is 156 cm³/mol. The van der Waals surface area contributed by atoms with Crippen molar-refractivity contribution in [3.8, 4) is 0 Å². The van der Waals surface area contributed by atoms with Gasteiger partial charge in [-0.25, -0.2) is 19.2 Å². The Morgan fingerprint density at radius 1 is 0.805 bits per heavy atom. The Hall–Kier alpha value is -3.84. The maximum absolute atomic E-state index is 9.55. The fourth-order valence-corrected chi connectivity index (χ4v) is 4.40. The van der Waals surface area contributed by atoms with Gasteiger partial charge in [0.2, 0.25) is 0 Å². The first kappa shape index (κ1) is 22.8. The number of piperazine rings is 1. The molecule has 0 saturated carbocycles. The Morgan fingerprint density at radius 2 is 1.32 bits per heavy atom. The van der Waals surface area contributed by atoms with Gasteiger partial charge in [0.1, 0.15) is 0 Å². The predicted octanol–water partition coefficient (Wildman–Crippen LogP) is 4.00. The molecule has 2 heterocycles. The van der Waals surface area contributed by atoms with Crippen LogP contribution in [-0.2, 0) is 19.2 Å². The second-order valence-electron chi connectivity index (χ2n) is 7.86. The maximum Gasteiger partial charge on any atom is 0.328 e. The highest BCUT2D eigenvalue weighted by molar-refractivity contribution is 7.99. The summed E-state index contributed by atoms with van der Waals surface area (Å²) in [6.07, 6.45) is 2.50. The van der Waals surface area contributed by atoms with Gasteiger partial charge in [-0.2, -0.15) is 0 Å². The first-order valence-corrected chi connectivity index (χ1v) is 12.8. The highest BCUT2D eigenvalue weighted by atomic mass is 35.5. The van der Waals surface area contributed by atoms with Gasteiger partial charge >= 0.3 is 23.9 Å². The number of carboxylic acids is 4. The van der Waals surface area contributed by atoms with Gasteiger partial charge in [0, 0.05) is 82.6 Å². The molecule has 4 N–H and O–H groups in total. The van der Waals surface area contributed by atoms with Crippen LogP contribution in [-0.4, -0.2) is 100 Å². The molecule has 41 heavy (non-hydrogen) atoms. The number of anilines is 2. The summed E-state index contributed by atoms with van der Waals surface area (Å²) in [7, 11) is 1.07. The average Bonchev–Trinajstić information content (AvgIpc) is 3.00. The molecule has 0 spiro atoms. The molecule has 11 nitrogen and oxygen atoms in total. The molecule has 2 aliphatic heterocycles. The van der Waals surface area contributed by atoms with E-state index >= 15 is 0 Å². The zero-order chi connectivity index (χ0) is 37.5. The van der Waals surface area contributed by atoms with Crippen LogP contribution in [0.15, 0.2) is 76.6 Å². The fraction of sp³-hybridized carbons (Fsp3) is 0.286. The monoisotopic (exact) mass is 613 g/mol. The van der Waals surface area contributed by atoms with E-state index in [0.717, 1.165) is 28.2 Å². The number of rotatable bonds is 8. The van der Waals surface area contributed by atoms with Gasteiger partial charge < -0.3 is 35.1 Å². The Bertz CT molecular complexity index is 1540. The van der Waals surface area contributed by atoms with Crippen LogP contribution < -0.4 is 4.90 Å². The van der Waals surface area contributed by atoms with E-state index in [4.69, 9.17) is 43.0 Å². The summed E-state index contributed by atoms with van der Waals surface area (Å²) in [4.78, 5) is 43.5. The van der Waals surface area contributed by atoms with E-state index in [1.165, 1.54) is 0 Å². The summed E-state index contributed by atoms with van der Waals surface area (Å²) in [6, 6.07) is 13.4. The number of likely N-dealkylation sites (N-methyl/N-ethyl adjacent to an activating group) is 1. The minimum atomic E-state index is -2.76. The van der Waals surface area contributed by atoms with Crippen molar-refractivity contribution < 1.29 is 50.6 Å². The quantitative estimate of drug-likeness (QED) is 0.317. The van der Waals surface area contributed by atoms with Gasteiger partial charge in [0.05, 0.1) is 11.4 Å². The number of benzene rings is 2. The highest BCUT2D eigenvalue weighted by Gasteiger charge is 2.23. The largest absolute Gasteiger partial charge is 0.478 e. The highest BCUT2D eigenvalue weighted by Crippen LogP contribution is 2.48. The third-order valence-corrected chi connectivity index (χ3v) is 6.16. The van der Waals surface area contributed by atoms with E-state index in [1.807, 2.05) is 47.4 Å². The SMILES string of the molecule is O=C(O)/C=C\C(=O)O.O=C(O)/C=C\C(=O)O.[2H]C1([2H])N(C)C([2H])([2H])C([2H])([2H])N(CCCN2c3ccccc3Sc3ccc(Cl)cc32)C1([2H])[2H]. The average molecular weight is 614 g/mol. The third kappa shape index (κ3) is 12.5. The molecule has 0 unspecified atom stereocenters. The zero-order valence-electron chi connectivity index (χ0n) is 29.5. The standard InChI is InChI=1S/C20H24ClN3S.2C4H4O4/c1-22-11-13-23(14-12-22)9-4-10-24-17-5-2-3-6-19(17)25-20-8-7-16(21)15-18(20)24;2*5-3(6)1-2-4(7)8/h2-3,5-8,15H,4,9-14H2,1H3;2*1-2H,(H,5,6)(H,7,8)/b;2*2-1-/i11D2,12D2,13D2,14D2;;. The van der Waals surface area contributed by atoms with E-state index in [0.29, 0.717) is 45.7 Å². The molecule has 2 aliphatic rings. The van der Waals surface area contributed by atoms with Crippen molar-refractivity contribution in [2.45, 2.75) is 16.2 Å². The van der Waals surface area contributed by atoms with Crippen molar-refractivity contribution >= 4 is 58.6 Å². The Balaban J connectivity index is 0.000000432. The van der Waals surface area contributed by atoms with Crippen LogP contribution in [0.3, 0.4) is 0 Å². The molecule has 0 aliphatic carbocycles. The molecule has 1 saturated heterocycles. The maximum atomic E-state index is 9.55. The molecule has 13 heteroatoms. The summed E-state index contributed by atoms with van der Waals surface area (Å²) in [5.41, 5.74) is 1.84. The van der Waals surface area contributed by atoms with Crippen LogP contribution >= 0.6 is 23.4 Å². The lowest BCUT2D eigenvalue weighted by Gasteiger charge is -2.35. The Morgan fingerprint density at radius 3 is 1.85 bits per heavy atom. The third-order valence-electron chi connectivity index (χ3n) is 4.79. The number of nitrogens with zero attached hydrogens (tertiary/aromatic N) is 3.